The summed E-state index contributed by atoms with van der Waals surface area (Å²) in [4.78, 5) is 20.4. The van der Waals surface area contributed by atoms with E-state index < -0.39 is 0 Å². The van der Waals surface area contributed by atoms with Crippen molar-refractivity contribution in [2.24, 2.45) is 4.99 Å². The molecule has 1 aromatic rings. The lowest BCUT2D eigenvalue weighted by Crippen LogP contribution is -2.53. The highest BCUT2D eigenvalue weighted by Crippen LogP contribution is 2.26. The van der Waals surface area contributed by atoms with Crippen LogP contribution in [0.15, 0.2) is 29.3 Å². The molecule has 0 saturated carbocycles. The molecule has 0 radical (unpaired) electrons. The van der Waals surface area contributed by atoms with Crippen LogP contribution in [0.5, 0.6) is 5.75 Å². The Labute approximate surface area is 150 Å². The minimum Gasteiger partial charge on any atom is -0.496 e. The van der Waals surface area contributed by atoms with Crippen molar-refractivity contribution in [1.29, 1.82) is 0 Å². The molecule has 1 heterocycles. The summed E-state index contributed by atoms with van der Waals surface area (Å²) >= 11 is 0. The normalized spacial score (nSPS) is 16.6. The van der Waals surface area contributed by atoms with E-state index in [4.69, 9.17) is 9.73 Å². The summed E-state index contributed by atoms with van der Waals surface area (Å²) in [5.41, 5.74) is 1.17. The van der Waals surface area contributed by atoms with Gasteiger partial charge in [-0.15, -0.1) is 0 Å². The third-order valence-corrected chi connectivity index (χ3v) is 4.54. The van der Waals surface area contributed by atoms with Crippen LogP contribution in [-0.4, -0.2) is 68.0 Å². The molecule has 1 unspecified atom stereocenters. The maximum atomic E-state index is 11.5. The Morgan fingerprint density at radius 2 is 1.88 bits per heavy atom. The quantitative estimate of drug-likeness (QED) is 0.654. The van der Waals surface area contributed by atoms with Crippen molar-refractivity contribution >= 4 is 11.9 Å². The second-order valence-electron chi connectivity index (χ2n) is 6.33. The van der Waals surface area contributed by atoms with Gasteiger partial charge in [-0.05, 0) is 18.6 Å². The minimum atomic E-state index is 0.145. The number of benzene rings is 1. The molecule has 1 amide bonds. The van der Waals surface area contributed by atoms with Crippen molar-refractivity contribution < 1.29 is 9.53 Å². The van der Waals surface area contributed by atoms with Crippen molar-refractivity contribution in [3.05, 3.63) is 29.8 Å². The highest BCUT2D eigenvalue weighted by Gasteiger charge is 2.21. The van der Waals surface area contributed by atoms with Crippen LogP contribution in [0, 0.1) is 0 Å². The molecule has 138 valence electrons. The number of carbonyl (C=O) groups is 1. The predicted molar refractivity (Wildman–Crippen MR) is 101 cm³/mol. The van der Waals surface area contributed by atoms with Gasteiger partial charge in [-0.1, -0.05) is 25.1 Å². The summed E-state index contributed by atoms with van der Waals surface area (Å²) in [6, 6.07) is 8.10. The number of hydrogen-bond donors (Lipinski definition) is 1. The largest absolute Gasteiger partial charge is 0.496 e. The Balaban J connectivity index is 2.03. The first-order chi connectivity index (χ1) is 12.1. The highest BCUT2D eigenvalue weighted by molar-refractivity contribution is 5.80. The first-order valence-corrected chi connectivity index (χ1v) is 8.98. The molecular weight excluding hydrogens is 316 g/mol. The predicted octanol–water partition coefficient (Wildman–Crippen LogP) is 1.93. The average Bonchev–Trinajstić information content (AvgIpc) is 2.64. The first-order valence-electron chi connectivity index (χ1n) is 8.98. The SMILES string of the molecule is CCNC(=NCC(C)c1ccccc1OC)N1CCN(C(C)=O)CC1. The van der Waals surface area contributed by atoms with Crippen LogP contribution < -0.4 is 10.1 Å². The van der Waals surface area contributed by atoms with Gasteiger partial charge < -0.3 is 19.9 Å². The van der Waals surface area contributed by atoms with Gasteiger partial charge in [0.15, 0.2) is 5.96 Å². The molecule has 0 bridgehead atoms. The number of para-hydroxylation sites is 1. The van der Waals surface area contributed by atoms with E-state index in [2.05, 4.69) is 30.1 Å². The number of methoxy groups -OCH3 is 1. The smallest absolute Gasteiger partial charge is 0.219 e. The molecule has 1 saturated heterocycles. The molecule has 6 nitrogen and oxygen atoms in total. The third-order valence-electron chi connectivity index (χ3n) is 4.54. The topological polar surface area (TPSA) is 57.2 Å². The lowest BCUT2D eigenvalue weighted by molar-refractivity contribution is -0.130. The van der Waals surface area contributed by atoms with Crippen molar-refractivity contribution in [3.63, 3.8) is 0 Å². The lowest BCUT2D eigenvalue weighted by atomic mass is 10.0. The zero-order valence-electron chi connectivity index (χ0n) is 15.8. The van der Waals surface area contributed by atoms with E-state index in [-0.39, 0.29) is 11.8 Å². The van der Waals surface area contributed by atoms with E-state index >= 15 is 0 Å². The van der Waals surface area contributed by atoms with Gasteiger partial charge in [0.2, 0.25) is 5.91 Å². The molecule has 0 aromatic heterocycles. The Kier molecular flexibility index (Phi) is 7.10. The Bertz CT molecular complexity index is 595. The Morgan fingerprint density at radius 1 is 1.24 bits per heavy atom. The molecule has 2 rings (SSSR count). The number of nitrogens with zero attached hydrogens (tertiary/aromatic N) is 3. The summed E-state index contributed by atoms with van der Waals surface area (Å²) in [5, 5.41) is 3.37. The van der Waals surface area contributed by atoms with E-state index in [0.717, 1.165) is 44.4 Å². The molecule has 6 heteroatoms. The monoisotopic (exact) mass is 346 g/mol. The highest BCUT2D eigenvalue weighted by atomic mass is 16.5. The van der Waals surface area contributed by atoms with E-state index in [1.54, 1.807) is 14.0 Å². The van der Waals surface area contributed by atoms with Gasteiger partial charge in [0, 0.05) is 52.1 Å². The van der Waals surface area contributed by atoms with Gasteiger partial charge in [-0.25, -0.2) is 0 Å². The summed E-state index contributed by atoms with van der Waals surface area (Å²) in [5.74, 6) is 2.24. The van der Waals surface area contributed by atoms with Crippen LogP contribution in [0.2, 0.25) is 0 Å². The molecule has 1 N–H and O–H groups in total. The van der Waals surface area contributed by atoms with E-state index in [1.807, 2.05) is 23.1 Å². The third kappa shape index (κ3) is 5.11. The fourth-order valence-electron chi connectivity index (χ4n) is 3.05. The number of amides is 1. The number of aliphatic imine (C=N–C) groups is 1. The van der Waals surface area contributed by atoms with Gasteiger partial charge in [0.25, 0.3) is 0 Å². The summed E-state index contributed by atoms with van der Waals surface area (Å²) in [6.07, 6.45) is 0. The van der Waals surface area contributed by atoms with Crippen LogP contribution in [0.1, 0.15) is 32.3 Å². The standard InChI is InChI=1S/C19H30N4O2/c1-5-20-19(23-12-10-22(11-13-23)16(3)24)21-14-15(2)17-8-6-7-9-18(17)25-4/h6-9,15H,5,10-14H2,1-4H3,(H,20,21). The van der Waals surface area contributed by atoms with Gasteiger partial charge >= 0.3 is 0 Å². The van der Waals surface area contributed by atoms with Crippen LogP contribution >= 0.6 is 0 Å². The maximum Gasteiger partial charge on any atom is 0.219 e. The summed E-state index contributed by atoms with van der Waals surface area (Å²) < 4.78 is 5.46. The number of nitrogens with one attached hydrogen (secondary N) is 1. The van der Waals surface area contributed by atoms with Crippen molar-refractivity contribution in [3.8, 4) is 5.75 Å². The molecule has 1 atom stereocenters. The average molecular weight is 346 g/mol. The Hall–Kier alpha value is -2.24. The molecule has 1 aliphatic rings. The fraction of sp³-hybridized carbons (Fsp3) is 0.579. The molecule has 1 aliphatic heterocycles. The number of guanidine groups is 1. The zero-order valence-corrected chi connectivity index (χ0v) is 15.8. The van der Waals surface area contributed by atoms with Crippen LogP contribution in [-0.2, 0) is 4.79 Å². The van der Waals surface area contributed by atoms with E-state index in [9.17, 15) is 4.79 Å². The Morgan fingerprint density at radius 3 is 2.48 bits per heavy atom. The fourth-order valence-corrected chi connectivity index (χ4v) is 3.05. The van der Waals surface area contributed by atoms with Gasteiger partial charge in [0.1, 0.15) is 5.75 Å². The molecule has 1 aromatic carbocycles. The van der Waals surface area contributed by atoms with Crippen molar-refractivity contribution in [1.82, 2.24) is 15.1 Å². The summed E-state index contributed by atoms with van der Waals surface area (Å²) in [7, 11) is 1.70. The second-order valence-corrected chi connectivity index (χ2v) is 6.33. The first kappa shape index (κ1) is 19.1. The molecular formula is C19H30N4O2. The molecule has 25 heavy (non-hydrogen) atoms. The van der Waals surface area contributed by atoms with Crippen LogP contribution in [0.25, 0.3) is 0 Å². The van der Waals surface area contributed by atoms with Crippen molar-refractivity contribution in [2.75, 3.05) is 46.4 Å². The number of ether oxygens (including phenoxy) is 1. The van der Waals surface area contributed by atoms with Gasteiger partial charge in [-0.3, -0.25) is 9.79 Å². The number of piperazine rings is 1. The lowest BCUT2D eigenvalue weighted by Gasteiger charge is -2.36. The molecule has 0 aliphatic carbocycles. The van der Waals surface area contributed by atoms with Gasteiger partial charge in [0.05, 0.1) is 7.11 Å². The van der Waals surface area contributed by atoms with E-state index in [1.165, 1.54) is 5.56 Å². The maximum absolute atomic E-state index is 11.5. The van der Waals surface area contributed by atoms with Crippen LogP contribution in [0.4, 0.5) is 0 Å². The van der Waals surface area contributed by atoms with E-state index in [0.29, 0.717) is 6.54 Å². The summed E-state index contributed by atoms with van der Waals surface area (Å²) in [6.45, 7) is 10.5. The zero-order chi connectivity index (χ0) is 18.2. The second kappa shape index (κ2) is 9.30. The number of carbonyl (C=O) groups excluding carboxylic acids is 1. The van der Waals surface area contributed by atoms with Crippen molar-refractivity contribution in [2.45, 2.75) is 26.7 Å². The van der Waals surface area contributed by atoms with Crippen LogP contribution in [0.3, 0.4) is 0 Å². The van der Waals surface area contributed by atoms with Gasteiger partial charge in [-0.2, -0.15) is 0 Å². The molecule has 0 spiro atoms. The minimum absolute atomic E-state index is 0.145. The molecule has 1 fully saturated rings. The number of rotatable bonds is 5. The number of hydrogen-bond acceptors (Lipinski definition) is 3.